The van der Waals surface area contributed by atoms with E-state index in [9.17, 15) is 0 Å². The van der Waals surface area contributed by atoms with Gasteiger partial charge in [-0.3, -0.25) is 0 Å². The van der Waals surface area contributed by atoms with Crippen LogP contribution in [0.1, 0.15) is 31.7 Å². The molecule has 3 rings (SSSR count). The Labute approximate surface area is 112 Å². The first-order valence-corrected chi connectivity index (χ1v) is 6.69. The Morgan fingerprint density at radius 2 is 2.00 bits per heavy atom. The molecule has 0 amide bonds. The fourth-order valence-corrected chi connectivity index (χ4v) is 2.29. The Balaban J connectivity index is 2.25. The molecule has 96 valence electrons. The van der Waals surface area contributed by atoms with Gasteiger partial charge < -0.3 is 0 Å². The zero-order valence-electron chi connectivity index (χ0n) is 11.2. The van der Waals surface area contributed by atoms with Crippen LogP contribution in [0.4, 0.5) is 0 Å². The van der Waals surface area contributed by atoms with Crippen LogP contribution in [0.2, 0.25) is 0 Å². The van der Waals surface area contributed by atoms with Gasteiger partial charge in [0, 0.05) is 18.0 Å². The molecule has 3 heteroatoms. The molecule has 0 aliphatic carbocycles. The topological polar surface area (TPSA) is 30.2 Å². The summed E-state index contributed by atoms with van der Waals surface area (Å²) in [5.74, 6) is 0.476. The molecule has 0 bridgehead atoms. The third-order valence-electron chi connectivity index (χ3n) is 3.61. The largest absolute Gasteiger partial charge is 0.236 e. The van der Waals surface area contributed by atoms with Crippen LogP contribution >= 0.6 is 0 Å². The van der Waals surface area contributed by atoms with Crippen molar-refractivity contribution in [3.8, 4) is 11.3 Å². The Bertz CT molecular complexity index is 686. The number of imidazole rings is 1. The molecular formula is C16H17N3. The molecule has 0 N–H and O–H groups in total. The maximum Gasteiger partial charge on any atom is 0.153 e. The first-order valence-electron chi connectivity index (χ1n) is 6.69. The molecule has 2 heterocycles. The van der Waals surface area contributed by atoms with Crippen LogP contribution in [-0.2, 0) is 0 Å². The third-order valence-corrected chi connectivity index (χ3v) is 3.61. The maximum absolute atomic E-state index is 4.73. The van der Waals surface area contributed by atoms with Gasteiger partial charge in [0.1, 0.15) is 0 Å². The number of rotatable bonds is 3. The third kappa shape index (κ3) is 2.12. The van der Waals surface area contributed by atoms with E-state index in [0.717, 1.165) is 23.3 Å². The monoisotopic (exact) mass is 251 g/mol. The van der Waals surface area contributed by atoms with Crippen LogP contribution in [0, 0.1) is 0 Å². The lowest BCUT2D eigenvalue weighted by Crippen LogP contribution is -2.02. The van der Waals surface area contributed by atoms with E-state index in [1.165, 1.54) is 5.56 Å². The SMILES string of the molecule is CCC(C)c1cc2nccn2nc1-c1ccccc1. The molecule has 1 unspecified atom stereocenters. The van der Waals surface area contributed by atoms with Crippen molar-refractivity contribution in [2.75, 3.05) is 0 Å². The predicted molar refractivity (Wildman–Crippen MR) is 77.1 cm³/mol. The molecule has 0 aliphatic heterocycles. The maximum atomic E-state index is 4.73. The summed E-state index contributed by atoms with van der Waals surface area (Å²) in [5, 5.41) is 4.73. The lowest BCUT2D eigenvalue weighted by Gasteiger charge is -2.14. The normalized spacial score (nSPS) is 12.7. The van der Waals surface area contributed by atoms with Crippen LogP contribution < -0.4 is 0 Å². The van der Waals surface area contributed by atoms with Gasteiger partial charge in [-0.05, 0) is 24.0 Å². The fraction of sp³-hybridized carbons (Fsp3) is 0.250. The summed E-state index contributed by atoms with van der Waals surface area (Å²) >= 11 is 0. The number of aromatic nitrogens is 3. The standard InChI is InChI=1S/C16H17N3/c1-3-12(2)14-11-15-17-9-10-19(15)18-16(14)13-7-5-4-6-8-13/h4-12H,3H2,1-2H3. The number of hydrogen-bond donors (Lipinski definition) is 0. The molecule has 0 aliphatic rings. The summed E-state index contributed by atoms with van der Waals surface area (Å²) in [7, 11) is 0. The molecule has 0 saturated carbocycles. The highest BCUT2D eigenvalue weighted by atomic mass is 15.2. The van der Waals surface area contributed by atoms with Crippen LogP contribution in [0.5, 0.6) is 0 Å². The first-order chi connectivity index (χ1) is 9.29. The number of hydrogen-bond acceptors (Lipinski definition) is 2. The van der Waals surface area contributed by atoms with Gasteiger partial charge in [-0.2, -0.15) is 5.10 Å². The summed E-state index contributed by atoms with van der Waals surface area (Å²) in [4.78, 5) is 4.33. The quantitative estimate of drug-likeness (QED) is 0.706. The summed E-state index contributed by atoms with van der Waals surface area (Å²) in [6.07, 6.45) is 4.78. The van der Waals surface area contributed by atoms with Gasteiger partial charge in [0.05, 0.1) is 5.69 Å². The molecule has 0 spiro atoms. The van der Waals surface area contributed by atoms with Gasteiger partial charge in [-0.1, -0.05) is 44.2 Å². The average Bonchev–Trinajstić information content (AvgIpc) is 2.93. The van der Waals surface area contributed by atoms with Gasteiger partial charge in [-0.15, -0.1) is 0 Å². The zero-order chi connectivity index (χ0) is 13.2. The second kappa shape index (κ2) is 4.84. The van der Waals surface area contributed by atoms with Crippen molar-refractivity contribution in [3.05, 3.63) is 54.4 Å². The van der Waals surface area contributed by atoms with Gasteiger partial charge >= 0.3 is 0 Å². The fourth-order valence-electron chi connectivity index (χ4n) is 2.29. The molecule has 2 aromatic heterocycles. The summed E-state index contributed by atoms with van der Waals surface area (Å²) < 4.78 is 1.84. The van der Waals surface area contributed by atoms with E-state index in [1.54, 1.807) is 6.20 Å². The second-order valence-corrected chi connectivity index (χ2v) is 4.85. The zero-order valence-corrected chi connectivity index (χ0v) is 11.2. The van der Waals surface area contributed by atoms with E-state index in [1.807, 2.05) is 16.8 Å². The van der Waals surface area contributed by atoms with E-state index < -0.39 is 0 Å². The molecule has 1 aromatic carbocycles. The highest BCUT2D eigenvalue weighted by molar-refractivity contribution is 5.65. The number of nitrogens with zero attached hydrogens (tertiary/aromatic N) is 3. The van der Waals surface area contributed by atoms with Crippen LogP contribution in [-0.4, -0.2) is 14.6 Å². The minimum atomic E-state index is 0.476. The Morgan fingerprint density at radius 3 is 2.74 bits per heavy atom. The minimum Gasteiger partial charge on any atom is -0.236 e. The molecule has 0 saturated heterocycles. The van der Waals surface area contributed by atoms with Crippen LogP contribution in [0.25, 0.3) is 16.9 Å². The van der Waals surface area contributed by atoms with Crippen molar-refractivity contribution < 1.29 is 0 Å². The predicted octanol–water partition coefficient (Wildman–Crippen LogP) is 3.91. The van der Waals surface area contributed by atoms with E-state index in [-0.39, 0.29) is 0 Å². The molecule has 19 heavy (non-hydrogen) atoms. The van der Waals surface area contributed by atoms with E-state index in [0.29, 0.717) is 5.92 Å². The van der Waals surface area contributed by atoms with Gasteiger partial charge in [0.15, 0.2) is 5.65 Å². The lowest BCUT2D eigenvalue weighted by atomic mass is 9.94. The highest BCUT2D eigenvalue weighted by Gasteiger charge is 2.14. The van der Waals surface area contributed by atoms with Crippen LogP contribution in [0.3, 0.4) is 0 Å². The number of fused-ring (bicyclic) bond motifs is 1. The average molecular weight is 251 g/mol. The van der Waals surface area contributed by atoms with Gasteiger partial charge in [-0.25, -0.2) is 9.50 Å². The molecular weight excluding hydrogens is 234 g/mol. The van der Waals surface area contributed by atoms with Crippen molar-refractivity contribution in [2.24, 2.45) is 0 Å². The molecule has 1 atom stereocenters. The highest BCUT2D eigenvalue weighted by Crippen LogP contribution is 2.29. The molecule has 0 fully saturated rings. The summed E-state index contributed by atoms with van der Waals surface area (Å²) in [6, 6.07) is 12.5. The Morgan fingerprint density at radius 1 is 1.21 bits per heavy atom. The second-order valence-electron chi connectivity index (χ2n) is 4.85. The molecule has 0 radical (unpaired) electrons. The van der Waals surface area contributed by atoms with Crippen molar-refractivity contribution in [3.63, 3.8) is 0 Å². The van der Waals surface area contributed by atoms with Crippen LogP contribution in [0.15, 0.2) is 48.8 Å². The lowest BCUT2D eigenvalue weighted by molar-refractivity contribution is 0.725. The van der Waals surface area contributed by atoms with Crippen molar-refractivity contribution in [2.45, 2.75) is 26.2 Å². The summed E-state index contributed by atoms with van der Waals surface area (Å²) in [6.45, 7) is 4.44. The Hall–Kier alpha value is -2.16. The van der Waals surface area contributed by atoms with E-state index in [4.69, 9.17) is 5.10 Å². The Kier molecular flexibility index (Phi) is 3.03. The smallest absolute Gasteiger partial charge is 0.153 e. The minimum absolute atomic E-state index is 0.476. The molecule has 3 nitrogen and oxygen atoms in total. The van der Waals surface area contributed by atoms with Crippen molar-refractivity contribution >= 4 is 5.65 Å². The van der Waals surface area contributed by atoms with Gasteiger partial charge in [0.2, 0.25) is 0 Å². The van der Waals surface area contributed by atoms with Gasteiger partial charge in [0.25, 0.3) is 0 Å². The van der Waals surface area contributed by atoms with E-state index >= 15 is 0 Å². The van der Waals surface area contributed by atoms with Crippen molar-refractivity contribution in [1.82, 2.24) is 14.6 Å². The number of benzene rings is 1. The van der Waals surface area contributed by atoms with Crippen molar-refractivity contribution in [1.29, 1.82) is 0 Å². The summed E-state index contributed by atoms with van der Waals surface area (Å²) in [5.41, 5.74) is 4.40. The van der Waals surface area contributed by atoms with E-state index in [2.05, 4.69) is 49.2 Å². The molecule has 3 aromatic rings. The first kappa shape index (κ1) is 11.9.